The molecule has 0 aromatic heterocycles. The Morgan fingerprint density at radius 2 is 1.50 bits per heavy atom. The van der Waals surface area contributed by atoms with E-state index >= 15 is 0 Å². The molecule has 0 saturated carbocycles. The van der Waals surface area contributed by atoms with Crippen molar-refractivity contribution in [3.8, 4) is 23.0 Å². The zero-order valence-electron chi connectivity index (χ0n) is 34.0. The number of hydrogen-bond acceptors (Lipinski definition) is 15. The number of amides is 2. The average molecular weight is 837 g/mol. The molecule has 2 amide bonds. The van der Waals surface area contributed by atoms with E-state index in [0.717, 1.165) is 0 Å². The number of benzene rings is 3. The quantitative estimate of drug-likeness (QED) is 0.0490. The van der Waals surface area contributed by atoms with E-state index in [4.69, 9.17) is 33.2 Å². The average Bonchev–Trinajstić information content (AvgIpc) is 3.39. The van der Waals surface area contributed by atoms with Crippen LogP contribution in [0.25, 0.3) is 0 Å². The molecule has 5 rings (SSSR count). The van der Waals surface area contributed by atoms with Crippen molar-refractivity contribution >= 4 is 23.6 Å². The number of esters is 1. The SMILES string of the molecule is COC(=O)C1(c2ccc(OC)cc2)Oc2cc(OC)cc(OC)c2C(=O)[C@@H](C(=O)NCCCCNC(=O)/C(C)=C/CO[C@@H]2O[C@H](CO)[C@@H](O)[C@H](O)[C@H]2O)[C@H]1c1ccccc1. The number of nitrogens with one attached hydrogen (secondary N) is 2. The largest absolute Gasteiger partial charge is 0.497 e. The molecule has 0 bridgehead atoms. The van der Waals surface area contributed by atoms with Crippen molar-refractivity contribution < 1.29 is 72.8 Å². The van der Waals surface area contributed by atoms with Gasteiger partial charge in [0.25, 0.3) is 0 Å². The summed E-state index contributed by atoms with van der Waals surface area (Å²) >= 11 is 0. The highest BCUT2D eigenvalue weighted by Crippen LogP contribution is 2.53. The van der Waals surface area contributed by atoms with Gasteiger partial charge in [-0.25, -0.2) is 4.79 Å². The van der Waals surface area contributed by atoms with Crippen molar-refractivity contribution in [2.45, 2.75) is 62.0 Å². The first-order valence-electron chi connectivity index (χ1n) is 19.3. The molecular weight excluding hydrogens is 784 g/mol. The van der Waals surface area contributed by atoms with Crippen molar-refractivity contribution in [3.05, 3.63) is 95.1 Å². The van der Waals surface area contributed by atoms with Gasteiger partial charge in [0.2, 0.25) is 17.4 Å². The summed E-state index contributed by atoms with van der Waals surface area (Å²) in [5.41, 5.74) is -1.17. The maximum atomic E-state index is 14.9. The third-order valence-corrected chi connectivity index (χ3v) is 10.6. The minimum Gasteiger partial charge on any atom is -0.497 e. The van der Waals surface area contributed by atoms with Crippen LogP contribution in [0.15, 0.2) is 78.4 Å². The number of aliphatic hydroxyl groups is 4. The van der Waals surface area contributed by atoms with Gasteiger partial charge in [-0.3, -0.25) is 14.4 Å². The summed E-state index contributed by atoms with van der Waals surface area (Å²) in [6.45, 7) is 1.09. The van der Waals surface area contributed by atoms with Crippen molar-refractivity contribution in [1.29, 1.82) is 0 Å². The van der Waals surface area contributed by atoms with Crippen LogP contribution in [0.5, 0.6) is 23.0 Å². The van der Waals surface area contributed by atoms with E-state index < -0.39 is 78.3 Å². The molecule has 2 heterocycles. The lowest BCUT2D eigenvalue weighted by atomic mass is 9.68. The Balaban J connectivity index is 1.35. The van der Waals surface area contributed by atoms with Crippen LogP contribution in [-0.4, -0.2) is 129 Å². The lowest BCUT2D eigenvalue weighted by Gasteiger charge is -2.40. The van der Waals surface area contributed by atoms with E-state index in [1.54, 1.807) is 61.5 Å². The molecule has 3 aromatic carbocycles. The first kappa shape index (κ1) is 45.5. The lowest BCUT2D eigenvalue weighted by Crippen LogP contribution is -2.59. The van der Waals surface area contributed by atoms with Crippen molar-refractivity contribution in [1.82, 2.24) is 10.6 Å². The zero-order valence-corrected chi connectivity index (χ0v) is 34.0. The number of ether oxygens (including phenoxy) is 7. The highest BCUT2D eigenvalue weighted by molar-refractivity contribution is 6.15. The summed E-state index contributed by atoms with van der Waals surface area (Å²) in [5.74, 6) is -4.72. The Hall–Kier alpha value is -5.56. The van der Waals surface area contributed by atoms with Crippen LogP contribution in [0.3, 0.4) is 0 Å². The van der Waals surface area contributed by atoms with Crippen LogP contribution in [0.4, 0.5) is 0 Å². The summed E-state index contributed by atoms with van der Waals surface area (Å²) in [6, 6.07) is 18.1. The fourth-order valence-electron chi connectivity index (χ4n) is 7.30. The summed E-state index contributed by atoms with van der Waals surface area (Å²) < 4.78 is 39.5. The molecular formula is C43H52N2O15. The molecule has 1 fully saturated rings. The van der Waals surface area contributed by atoms with Gasteiger partial charge in [0.05, 0.1) is 47.6 Å². The smallest absolute Gasteiger partial charge is 0.355 e. The molecule has 0 aliphatic carbocycles. The van der Waals surface area contributed by atoms with Crippen LogP contribution >= 0.6 is 0 Å². The Bertz CT molecular complexity index is 1990. The van der Waals surface area contributed by atoms with Crippen LogP contribution in [0.2, 0.25) is 0 Å². The van der Waals surface area contributed by atoms with Gasteiger partial charge in [-0.05, 0) is 37.5 Å². The van der Waals surface area contributed by atoms with Crippen molar-refractivity contribution in [3.63, 3.8) is 0 Å². The van der Waals surface area contributed by atoms with Crippen LogP contribution < -0.4 is 29.6 Å². The van der Waals surface area contributed by atoms with E-state index in [1.807, 2.05) is 0 Å². The Labute approximate surface area is 347 Å². The maximum Gasteiger partial charge on any atom is 0.355 e. The van der Waals surface area contributed by atoms with Crippen molar-refractivity contribution in [2.75, 3.05) is 54.7 Å². The normalized spacial score (nSPS) is 25.2. The number of ketones is 1. The van der Waals surface area contributed by atoms with Crippen LogP contribution in [0.1, 0.15) is 47.2 Å². The Morgan fingerprint density at radius 1 is 0.833 bits per heavy atom. The summed E-state index contributed by atoms with van der Waals surface area (Å²) in [6.07, 6.45) is -4.90. The minimum atomic E-state index is -2.11. The molecule has 0 radical (unpaired) electrons. The Kier molecular flexibility index (Phi) is 15.6. The summed E-state index contributed by atoms with van der Waals surface area (Å²) in [4.78, 5) is 56.7. The second-order valence-electron chi connectivity index (χ2n) is 14.2. The number of aliphatic hydroxyl groups excluding tert-OH is 4. The molecule has 3 aromatic rings. The van der Waals surface area contributed by atoms with E-state index in [9.17, 15) is 39.6 Å². The molecule has 17 nitrogen and oxygen atoms in total. The second-order valence-corrected chi connectivity index (χ2v) is 14.2. The number of methoxy groups -OCH3 is 4. The number of hydrogen-bond donors (Lipinski definition) is 6. The van der Waals surface area contributed by atoms with Gasteiger partial charge >= 0.3 is 5.97 Å². The molecule has 17 heteroatoms. The fourth-order valence-corrected chi connectivity index (χ4v) is 7.30. The number of unbranched alkanes of at least 4 members (excludes halogenated alkanes) is 1. The molecule has 0 spiro atoms. The van der Waals surface area contributed by atoms with E-state index in [0.29, 0.717) is 24.2 Å². The first-order valence-corrected chi connectivity index (χ1v) is 19.3. The van der Waals surface area contributed by atoms with Gasteiger partial charge in [-0.15, -0.1) is 0 Å². The number of rotatable bonds is 17. The van der Waals surface area contributed by atoms with Gasteiger partial charge in [0, 0.05) is 36.4 Å². The van der Waals surface area contributed by atoms with E-state index in [1.165, 1.54) is 46.6 Å². The third-order valence-electron chi connectivity index (χ3n) is 10.6. The lowest BCUT2D eigenvalue weighted by molar-refractivity contribution is -0.298. The molecule has 2 aliphatic rings. The molecule has 60 heavy (non-hydrogen) atoms. The highest BCUT2D eigenvalue weighted by Gasteiger charge is 2.60. The topological polar surface area (TPSA) is 238 Å². The van der Waals surface area contributed by atoms with Gasteiger partial charge < -0.3 is 64.2 Å². The summed E-state index contributed by atoms with van der Waals surface area (Å²) in [7, 11) is 5.48. The fraction of sp³-hybridized carbons (Fsp3) is 0.442. The molecule has 1 unspecified atom stereocenters. The van der Waals surface area contributed by atoms with E-state index in [2.05, 4.69) is 10.6 Å². The van der Waals surface area contributed by atoms with Gasteiger partial charge in [-0.2, -0.15) is 0 Å². The molecule has 324 valence electrons. The minimum absolute atomic E-state index is 0.0609. The number of carbonyl (C=O) groups is 4. The molecule has 6 N–H and O–H groups in total. The molecule has 1 saturated heterocycles. The number of carbonyl (C=O) groups excluding carboxylic acids is 4. The zero-order chi connectivity index (χ0) is 43.6. The second kappa shape index (κ2) is 20.6. The first-order chi connectivity index (χ1) is 28.9. The van der Waals surface area contributed by atoms with Crippen molar-refractivity contribution in [2.24, 2.45) is 5.92 Å². The van der Waals surface area contributed by atoms with Crippen LogP contribution in [0, 0.1) is 5.92 Å². The highest BCUT2D eigenvalue weighted by atomic mass is 16.7. The maximum absolute atomic E-state index is 14.9. The predicted molar refractivity (Wildman–Crippen MR) is 213 cm³/mol. The van der Waals surface area contributed by atoms with Gasteiger partial charge in [0.1, 0.15) is 58.9 Å². The molecule has 8 atom stereocenters. The Morgan fingerprint density at radius 3 is 2.12 bits per heavy atom. The van der Waals surface area contributed by atoms with Crippen LogP contribution in [-0.2, 0) is 34.2 Å². The number of Topliss-reactive ketones (excluding diaryl/α,β-unsaturated/α-hetero) is 1. The van der Waals surface area contributed by atoms with E-state index in [-0.39, 0.29) is 53.6 Å². The third kappa shape index (κ3) is 9.57. The predicted octanol–water partition coefficient (Wildman–Crippen LogP) is 1.53. The van der Waals surface area contributed by atoms with Gasteiger partial charge in [-0.1, -0.05) is 48.5 Å². The molecule has 2 aliphatic heterocycles. The number of fused-ring (bicyclic) bond motifs is 1. The standard InChI is InChI=1S/C43H52N2O15/c1-24(17-20-58-41-38(50)37(49)35(47)31(23-46)59-41)39(51)44-18-9-10-19-45-40(52)33-34(25-11-7-6-8-12-25)43(42(53)57-5,26-13-15-27(54-2)16-14-26)60-30-22-28(55-3)21-29(56-4)32(30)36(33)48/h6-8,11-17,21-22,31,33-35,37-38,41,46-47,49-50H,9-10,18-20,23H2,1-5H3,(H,44,51)(H,45,52)/b24-17+/t31-,33+,34-,35-,37+,38-,41-,43?/m1/s1. The van der Waals surface area contributed by atoms with Gasteiger partial charge in [0.15, 0.2) is 12.1 Å². The summed E-state index contributed by atoms with van der Waals surface area (Å²) in [5, 5.41) is 45.1. The monoisotopic (exact) mass is 836 g/mol.